The molecule has 1 aliphatic heterocycles. The Morgan fingerprint density at radius 2 is 1.57 bits per heavy atom. The zero-order valence-electron chi connectivity index (χ0n) is 22.7. The Labute approximate surface area is 233 Å². The first-order valence-electron chi connectivity index (χ1n) is 14.2. The highest BCUT2D eigenvalue weighted by atomic mass is 19.1. The van der Waals surface area contributed by atoms with Gasteiger partial charge in [0, 0.05) is 31.6 Å². The maximum Gasteiger partial charge on any atom is 0.404 e. The largest absolute Gasteiger partial charge is 0.465 e. The van der Waals surface area contributed by atoms with Crippen molar-refractivity contribution in [3.05, 3.63) is 71.5 Å². The molecule has 2 heterocycles. The topological polar surface area (TPSA) is 104 Å². The second-order valence-electron chi connectivity index (χ2n) is 11.0. The molecule has 1 aliphatic carbocycles. The number of piperidine rings is 1. The van der Waals surface area contributed by atoms with Crippen molar-refractivity contribution >= 4 is 28.7 Å². The average Bonchev–Trinajstić information content (AvgIpc) is 2.98. The van der Waals surface area contributed by atoms with Gasteiger partial charge in [0.25, 0.3) is 5.91 Å². The molecular weight excluding hydrogens is 511 g/mol. The van der Waals surface area contributed by atoms with Crippen molar-refractivity contribution in [2.24, 2.45) is 11.8 Å². The number of para-hydroxylation sites is 1. The zero-order valence-corrected chi connectivity index (χ0v) is 22.7. The molecule has 0 unspecified atom stereocenters. The number of hydrogen-bond acceptors (Lipinski definition) is 5. The number of nitrogens with one attached hydrogen (secondary N) is 2. The van der Waals surface area contributed by atoms with Gasteiger partial charge in [0.05, 0.1) is 23.8 Å². The number of pyridine rings is 1. The van der Waals surface area contributed by atoms with Crippen molar-refractivity contribution in [3.8, 4) is 0 Å². The number of amides is 2. The third kappa shape index (κ3) is 7.27. The Balaban J connectivity index is 1.17. The van der Waals surface area contributed by atoms with Gasteiger partial charge in [-0.2, -0.15) is 0 Å². The van der Waals surface area contributed by atoms with Crippen molar-refractivity contribution in [1.29, 1.82) is 0 Å². The van der Waals surface area contributed by atoms with E-state index >= 15 is 0 Å². The van der Waals surface area contributed by atoms with Crippen LogP contribution in [-0.2, 0) is 11.3 Å². The molecule has 8 nitrogen and oxygen atoms in total. The van der Waals surface area contributed by atoms with E-state index < -0.39 is 6.09 Å². The Hall–Kier alpha value is -3.72. The van der Waals surface area contributed by atoms with Gasteiger partial charge in [-0.05, 0) is 80.2 Å². The van der Waals surface area contributed by atoms with Crippen LogP contribution < -0.4 is 15.5 Å². The van der Waals surface area contributed by atoms with Gasteiger partial charge in [0.15, 0.2) is 0 Å². The summed E-state index contributed by atoms with van der Waals surface area (Å²) in [6.45, 7) is 3.13. The molecule has 2 amide bonds. The van der Waals surface area contributed by atoms with Crippen LogP contribution in [0.5, 0.6) is 0 Å². The Morgan fingerprint density at radius 1 is 0.925 bits per heavy atom. The van der Waals surface area contributed by atoms with Crippen molar-refractivity contribution < 1.29 is 23.8 Å². The first-order chi connectivity index (χ1) is 19.4. The first-order valence-corrected chi connectivity index (χ1v) is 14.2. The van der Waals surface area contributed by atoms with E-state index in [0.29, 0.717) is 37.1 Å². The number of carbonyl (C=O) groups excluding carboxylic acids is 1. The van der Waals surface area contributed by atoms with E-state index in [0.717, 1.165) is 73.9 Å². The molecule has 1 saturated carbocycles. The lowest BCUT2D eigenvalue weighted by Gasteiger charge is -2.33. The first kappa shape index (κ1) is 27.8. The summed E-state index contributed by atoms with van der Waals surface area (Å²) < 4.78 is 19.2. The van der Waals surface area contributed by atoms with Crippen molar-refractivity contribution in [2.45, 2.75) is 51.2 Å². The Bertz CT molecular complexity index is 1300. The molecule has 2 aliphatic rings. The fourth-order valence-electron chi connectivity index (χ4n) is 5.76. The van der Waals surface area contributed by atoms with E-state index in [1.807, 2.05) is 30.3 Å². The van der Waals surface area contributed by atoms with Gasteiger partial charge in [-0.1, -0.05) is 30.3 Å². The lowest BCUT2D eigenvalue weighted by Crippen LogP contribution is -2.38. The minimum absolute atomic E-state index is 0.0907. The maximum atomic E-state index is 13.4. The van der Waals surface area contributed by atoms with Gasteiger partial charge in [0.2, 0.25) is 0 Å². The minimum Gasteiger partial charge on any atom is -0.465 e. The summed E-state index contributed by atoms with van der Waals surface area (Å²) in [4.78, 5) is 31.2. The van der Waals surface area contributed by atoms with E-state index in [4.69, 9.17) is 14.8 Å². The fraction of sp³-hybridized carbons (Fsp3) is 0.452. The number of benzene rings is 2. The van der Waals surface area contributed by atoms with Gasteiger partial charge in [-0.25, -0.2) is 14.2 Å². The van der Waals surface area contributed by atoms with E-state index in [2.05, 4.69) is 15.5 Å². The lowest BCUT2D eigenvalue weighted by molar-refractivity contribution is 0.0250. The van der Waals surface area contributed by atoms with Crippen LogP contribution in [0.2, 0.25) is 0 Å². The molecule has 2 fully saturated rings. The number of nitrogens with zero attached hydrogens (tertiary/aromatic N) is 2. The average molecular weight is 549 g/mol. The summed E-state index contributed by atoms with van der Waals surface area (Å²) in [5, 5.41) is 15.3. The molecule has 5 rings (SSSR count). The lowest BCUT2D eigenvalue weighted by atomic mass is 9.82. The summed E-state index contributed by atoms with van der Waals surface area (Å²) in [6.07, 6.45) is 4.74. The molecule has 40 heavy (non-hydrogen) atoms. The number of carboxylic acid groups (broad SMARTS) is 1. The van der Waals surface area contributed by atoms with Crippen LogP contribution >= 0.6 is 0 Å². The SMILES string of the molecule is O=C(O)NC[C@H]1CC[C@H](CNC(=O)c2cc(N3CCC(OCc4ccc(F)cc4)CC3)nc3ccccc23)CC1. The highest BCUT2D eigenvalue weighted by molar-refractivity contribution is 6.07. The fourth-order valence-corrected chi connectivity index (χ4v) is 5.76. The standard InChI is InChI=1S/C31H37FN4O4/c32-24-11-9-23(10-12-24)20-40-25-13-15-36(16-14-25)29-17-27(26-3-1-2-4-28(26)35-29)30(37)33-18-21-5-7-22(8-6-21)19-34-31(38)39/h1-4,9-12,17,21-22,25,34H,5-8,13-16,18-20H2,(H,33,37)(H,38,39)/t21-,22-. The molecule has 3 aromatic rings. The normalized spacial score (nSPS) is 19.9. The van der Waals surface area contributed by atoms with Gasteiger partial charge in [0.1, 0.15) is 11.6 Å². The molecule has 9 heteroatoms. The van der Waals surface area contributed by atoms with Gasteiger partial charge < -0.3 is 25.4 Å². The quantitative estimate of drug-likeness (QED) is 0.333. The third-order valence-electron chi connectivity index (χ3n) is 8.17. The summed E-state index contributed by atoms with van der Waals surface area (Å²) >= 11 is 0. The monoisotopic (exact) mass is 548 g/mol. The smallest absolute Gasteiger partial charge is 0.404 e. The number of fused-ring (bicyclic) bond motifs is 1. The zero-order chi connectivity index (χ0) is 27.9. The highest BCUT2D eigenvalue weighted by Crippen LogP contribution is 2.29. The van der Waals surface area contributed by atoms with Crippen LogP contribution in [0, 0.1) is 17.7 Å². The van der Waals surface area contributed by atoms with E-state index in [1.165, 1.54) is 12.1 Å². The molecule has 1 aromatic heterocycles. The van der Waals surface area contributed by atoms with E-state index in [1.54, 1.807) is 12.1 Å². The Kier molecular flexibility index (Phi) is 9.11. The Morgan fingerprint density at radius 3 is 2.25 bits per heavy atom. The summed E-state index contributed by atoms with van der Waals surface area (Å²) in [5.41, 5.74) is 2.39. The van der Waals surface area contributed by atoms with Crippen molar-refractivity contribution in [3.63, 3.8) is 0 Å². The van der Waals surface area contributed by atoms with Crippen LogP contribution in [0.25, 0.3) is 10.9 Å². The molecule has 212 valence electrons. The van der Waals surface area contributed by atoms with E-state index in [-0.39, 0.29) is 17.8 Å². The van der Waals surface area contributed by atoms with Gasteiger partial charge in [-0.3, -0.25) is 4.79 Å². The molecule has 2 aromatic carbocycles. The van der Waals surface area contributed by atoms with Crippen LogP contribution in [0.1, 0.15) is 54.4 Å². The molecule has 0 bridgehead atoms. The predicted molar refractivity (Wildman–Crippen MR) is 152 cm³/mol. The summed E-state index contributed by atoms with van der Waals surface area (Å²) in [7, 11) is 0. The van der Waals surface area contributed by atoms with E-state index in [9.17, 15) is 14.0 Å². The number of aromatic nitrogens is 1. The molecule has 3 N–H and O–H groups in total. The van der Waals surface area contributed by atoms with Crippen molar-refractivity contribution in [2.75, 3.05) is 31.1 Å². The summed E-state index contributed by atoms with van der Waals surface area (Å²) in [6, 6.07) is 16.1. The highest BCUT2D eigenvalue weighted by Gasteiger charge is 2.25. The predicted octanol–water partition coefficient (Wildman–Crippen LogP) is 5.36. The van der Waals surface area contributed by atoms with Gasteiger partial charge >= 0.3 is 6.09 Å². The van der Waals surface area contributed by atoms with Crippen LogP contribution in [0.3, 0.4) is 0 Å². The summed E-state index contributed by atoms with van der Waals surface area (Å²) in [5.74, 6) is 1.22. The maximum absolute atomic E-state index is 13.4. The van der Waals surface area contributed by atoms with Crippen molar-refractivity contribution in [1.82, 2.24) is 15.6 Å². The minimum atomic E-state index is -0.974. The second-order valence-corrected chi connectivity index (χ2v) is 11.0. The molecule has 0 radical (unpaired) electrons. The molecule has 1 saturated heterocycles. The molecule has 0 atom stereocenters. The molecular formula is C31H37FN4O4. The number of halogens is 1. The number of carbonyl (C=O) groups is 2. The second kappa shape index (κ2) is 13.1. The van der Waals surface area contributed by atoms with Gasteiger partial charge in [-0.15, -0.1) is 0 Å². The molecule has 0 spiro atoms. The number of ether oxygens (including phenoxy) is 1. The van der Waals surface area contributed by atoms with Crippen LogP contribution in [0.15, 0.2) is 54.6 Å². The van der Waals surface area contributed by atoms with Crippen LogP contribution in [-0.4, -0.2) is 54.4 Å². The number of hydrogen-bond donors (Lipinski definition) is 3. The number of rotatable bonds is 9. The number of anilines is 1. The van der Waals surface area contributed by atoms with Crippen LogP contribution in [0.4, 0.5) is 15.0 Å². The third-order valence-corrected chi connectivity index (χ3v) is 8.17.